The SMILES string of the molecule is COc1ccc(-c2c3cnn(C(C)C)c3nc3c2sc(=O)n3C)c(OC)c1OC. The highest BCUT2D eigenvalue weighted by Crippen LogP contribution is 2.48. The largest absolute Gasteiger partial charge is 0.493 e. The van der Waals surface area contributed by atoms with Crippen molar-refractivity contribution in [1.82, 2.24) is 19.3 Å². The first-order chi connectivity index (χ1) is 13.9. The molecule has 0 spiro atoms. The van der Waals surface area contributed by atoms with Crippen LogP contribution < -0.4 is 19.1 Å². The molecular formula is C20H22N4O4S. The van der Waals surface area contributed by atoms with Crippen molar-refractivity contribution >= 4 is 32.7 Å². The van der Waals surface area contributed by atoms with Crippen LogP contribution in [0.1, 0.15) is 19.9 Å². The lowest BCUT2D eigenvalue weighted by Gasteiger charge is -2.17. The maximum atomic E-state index is 12.5. The molecule has 0 atom stereocenters. The molecule has 1 aromatic carbocycles. The number of aromatic nitrogens is 4. The maximum Gasteiger partial charge on any atom is 0.309 e. The molecule has 0 saturated carbocycles. The standard InChI is InChI=1S/C20H22N4O4S/c1-10(2)24-18-12(9-21-24)14(17-19(22-18)23(3)20(25)29-17)11-7-8-13(26-4)16(28-6)15(11)27-5/h7-10H,1-6H3. The molecule has 3 heterocycles. The Hall–Kier alpha value is -3.07. The van der Waals surface area contributed by atoms with Gasteiger partial charge in [-0.1, -0.05) is 11.3 Å². The zero-order valence-electron chi connectivity index (χ0n) is 17.1. The molecule has 29 heavy (non-hydrogen) atoms. The average molecular weight is 414 g/mol. The van der Waals surface area contributed by atoms with Crippen LogP contribution in [0.25, 0.3) is 32.5 Å². The zero-order chi connectivity index (χ0) is 20.9. The minimum absolute atomic E-state index is 0.0788. The first kappa shape index (κ1) is 19.3. The molecule has 152 valence electrons. The van der Waals surface area contributed by atoms with Gasteiger partial charge in [-0.25, -0.2) is 9.67 Å². The number of hydrogen-bond donors (Lipinski definition) is 0. The molecule has 9 heteroatoms. The van der Waals surface area contributed by atoms with Crippen molar-refractivity contribution in [1.29, 1.82) is 0 Å². The quantitative estimate of drug-likeness (QED) is 0.496. The van der Waals surface area contributed by atoms with Gasteiger partial charge in [0.1, 0.15) is 0 Å². The van der Waals surface area contributed by atoms with E-state index in [0.29, 0.717) is 28.5 Å². The predicted octanol–water partition coefficient (Wildman–Crippen LogP) is 3.62. The number of aryl methyl sites for hydroxylation is 1. The second-order valence-electron chi connectivity index (χ2n) is 6.87. The molecule has 0 amide bonds. The number of benzene rings is 1. The van der Waals surface area contributed by atoms with Crippen LogP contribution in [0.3, 0.4) is 0 Å². The van der Waals surface area contributed by atoms with E-state index in [9.17, 15) is 4.79 Å². The van der Waals surface area contributed by atoms with Crippen LogP contribution in [0.5, 0.6) is 17.2 Å². The van der Waals surface area contributed by atoms with E-state index >= 15 is 0 Å². The Morgan fingerprint density at radius 3 is 2.38 bits per heavy atom. The molecule has 0 fully saturated rings. The van der Waals surface area contributed by atoms with E-state index < -0.39 is 0 Å². The summed E-state index contributed by atoms with van der Waals surface area (Å²) in [6.07, 6.45) is 1.79. The Morgan fingerprint density at radius 2 is 1.76 bits per heavy atom. The van der Waals surface area contributed by atoms with Gasteiger partial charge in [-0.3, -0.25) is 9.36 Å². The summed E-state index contributed by atoms with van der Waals surface area (Å²) in [6, 6.07) is 3.85. The second kappa shape index (κ2) is 7.07. The Balaban J connectivity index is 2.21. The molecule has 4 rings (SSSR count). The van der Waals surface area contributed by atoms with Crippen molar-refractivity contribution in [2.24, 2.45) is 7.05 Å². The van der Waals surface area contributed by atoms with Gasteiger partial charge in [-0.05, 0) is 26.0 Å². The number of nitrogens with zero attached hydrogens (tertiary/aromatic N) is 4. The molecule has 0 saturated heterocycles. The number of thiazole rings is 1. The van der Waals surface area contributed by atoms with Crippen LogP contribution >= 0.6 is 11.3 Å². The first-order valence-electron chi connectivity index (χ1n) is 9.09. The van der Waals surface area contributed by atoms with E-state index in [0.717, 1.165) is 32.5 Å². The summed E-state index contributed by atoms with van der Waals surface area (Å²) < 4.78 is 20.9. The van der Waals surface area contributed by atoms with Gasteiger partial charge < -0.3 is 14.2 Å². The summed E-state index contributed by atoms with van der Waals surface area (Å²) >= 11 is 1.16. The van der Waals surface area contributed by atoms with E-state index in [2.05, 4.69) is 5.10 Å². The van der Waals surface area contributed by atoms with E-state index in [4.69, 9.17) is 19.2 Å². The summed E-state index contributed by atoms with van der Waals surface area (Å²) in [6.45, 7) is 4.09. The lowest BCUT2D eigenvalue weighted by molar-refractivity contribution is 0.325. The van der Waals surface area contributed by atoms with Gasteiger partial charge in [0, 0.05) is 29.6 Å². The fraction of sp³-hybridized carbons (Fsp3) is 0.350. The summed E-state index contributed by atoms with van der Waals surface area (Å²) in [5, 5.41) is 5.39. The minimum atomic E-state index is -0.0788. The number of methoxy groups -OCH3 is 3. The molecule has 0 aliphatic carbocycles. The van der Waals surface area contributed by atoms with Gasteiger partial charge in [-0.15, -0.1) is 0 Å². The van der Waals surface area contributed by atoms with Crippen molar-refractivity contribution in [2.45, 2.75) is 19.9 Å². The summed E-state index contributed by atoms with van der Waals surface area (Å²) in [5.74, 6) is 1.58. The fourth-order valence-corrected chi connectivity index (χ4v) is 4.53. The Kier molecular flexibility index (Phi) is 4.70. The Morgan fingerprint density at radius 1 is 1.03 bits per heavy atom. The summed E-state index contributed by atoms with van der Waals surface area (Å²) in [5.41, 5.74) is 2.96. The van der Waals surface area contributed by atoms with Crippen LogP contribution in [-0.4, -0.2) is 40.7 Å². The molecule has 0 radical (unpaired) electrons. The maximum absolute atomic E-state index is 12.5. The summed E-state index contributed by atoms with van der Waals surface area (Å²) in [7, 11) is 6.46. The molecule has 0 aliphatic heterocycles. The fourth-order valence-electron chi connectivity index (χ4n) is 3.54. The zero-order valence-corrected chi connectivity index (χ0v) is 18.0. The minimum Gasteiger partial charge on any atom is -0.493 e. The lowest BCUT2D eigenvalue weighted by Crippen LogP contribution is -2.08. The molecule has 4 aromatic rings. The number of hydrogen-bond acceptors (Lipinski definition) is 7. The average Bonchev–Trinajstić information content (AvgIpc) is 3.26. The van der Waals surface area contributed by atoms with E-state index in [1.807, 2.05) is 30.7 Å². The third-order valence-electron chi connectivity index (χ3n) is 4.92. The predicted molar refractivity (Wildman–Crippen MR) is 114 cm³/mol. The Labute approximate surface area is 171 Å². The van der Waals surface area contributed by atoms with Crippen molar-refractivity contribution in [2.75, 3.05) is 21.3 Å². The van der Waals surface area contributed by atoms with Gasteiger partial charge in [0.2, 0.25) is 5.75 Å². The first-order valence-corrected chi connectivity index (χ1v) is 9.90. The van der Waals surface area contributed by atoms with Crippen LogP contribution in [0, 0.1) is 0 Å². The van der Waals surface area contributed by atoms with E-state index in [-0.39, 0.29) is 10.9 Å². The topological polar surface area (TPSA) is 80.4 Å². The summed E-state index contributed by atoms with van der Waals surface area (Å²) in [4.78, 5) is 17.2. The number of pyridine rings is 1. The van der Waals surface area contributed by atoms with Crippen molar-refractivity contribution in [3.8, 4) is 28.4 Å². The van der Waals surface area contributed by atoms with Crippen molar-refractivity contribution in [3.05, 3.63) is 28.0 Å². The van der Waals surface area contributed by atoms with Crippen molar-refractivity contribution < 1.29 is 14.2 Å². The second-order valence-corrected chi connectivity index (χ2v) is 7.83. The number of ether oxygens (including phenoxy) is 3. The van der Waals surface area contributed by atoms with Gasteiger partial charge in [-0.2, -0.15) is 5.10 Å². The van der Waals surface area contributed by atoms with Gasteiger partial charge in [0.15, 0.2) is 22.8 Å². The van der Waals surface area contributed by atoms with Crippen molar-refractivity contribution in [3.63, 3.8) is 0 Å². The van der Waals surface area contributed by atoms with Gasteiger partial charge >= 0.3 is 4.87 Å². The Bertz CT molecular complexity index is 1290. The highest BCUT2D eigenvalue weighted by Gasteiger charge is 2.25. The monoisotopic (exact) mass is 414 g/mol. The highest BCUT2D eigenvalue weighted by atomic mass is 32.1. The van der Waals surface area contributed by atoms with Crippen LogP contribution in [0.15, 0.2) is 23.1 Å². The third-order valence-corrected chi connectivity index (χ3v) is 5.96. The molecule has 8 nitrogen and oxygen atoms in total. The third kappa shape index (κ3) is 2.76. The molecule has 0 unspecified atom stereocenters. The molecular weight excluding hydrogens is 392 g/mol. The molecule has 0 N–H and O–H groups in total. The molecule has 0 aliphatic rings. The lowest BCUT2D eigenvalue weighted by atomic mass is 10.0. The molecule has 0 bridgehead atoms. The smallest absolute Gasteiger partial charge is 0.309 e. The van der Waals surface area contributed by atoms with Crippen LogP contribution in [0.4, 0.5) is 0 Å². The van der Waals surface area contributed by atoms with E-state index in [1.54, 1.807) is 39.1 Å². The van der Waals surface area contributed by atoms with E-state index in [1.165, 1.54) is 0 Å². The number of fused-ring (bicyclic) bond motifs is 2. The van der Waals surface area contributed by atoms with Crippen LogP contribution in [0.2, 0.25) is 0 Å². The van der Waals surface area contributed by atoms with Gasteiger partial charge in [0.25, 0.3) is 0 Å². The molecule has 3 aromatic heterocycles. The number of rotatable bonds is 5. The van der Waals surface area contributed by atoms with Crippen LogP contribution in [-0.2, 0) is 7.05 Å². The highest BCUT2D eigenvalue weighted by molar-refractivity contribution is 7.17. The van der Waals surface area contributed by atoms with Gasteiger partial charge in [0.05, 0.1) is 32.2 Å². The normalized spacial score (nSPS) is 11.6.